The van der Waals surface area contributed by atoms with Gasteiger partial charge in [0, 0.05) is 48.1 Å². The molecule has 1 N–H and O–H groups in total. The van der Waals surface area contributed by atoms with Gasteiger partial charge in [-0.3, -0.25) is 17.8 Å². The van der Waals surface area contributed by atoms with E-state index in [0.29, 0.717) is 31.8 Å². The van der Waals surface area contributed by atoms with Gasteiger partial charge in [-0.25, -0.2) is 9.37 Å². The molecule has 1 aliphatic carbocycles. The van der Waals surface area contributed by atoms with Gasteiger partial charge in [-0.1, -0.05) is 25.0 Å². The van der Waals surface area contributed by atoms with Crippen molar-refractivity contribution in [3.8, 4) is 0 Å². The lowest BCUT2D eigenvalue weighted by Gasteiger charge is -2.31. The number of hydrogen-bond donors (Lipinski definition) is 1. The van der Waals surface area contributed by atoms with E-state index >= 15 is 4.39 Å². The first-order chi connectivity index (χ1) is 17.9. The number of unbranched alkanes of at least 4 members (excludes halogenated alkanes) is 1. The lowest BCUT2D eigenvalue weighted by molar-refractivity contribution is -0.143. The van der Waals surface area contributed by atoms with E-state index in [4.69, 9.17) is 4.98 Å². The Labute approximate surface area is 233 Å². The first kappa shape index (κ1) is 26.8. The number of carboxylic acid groups (broad SMARTS) is 1. The molecule has 2 unspecified atom stereocenters. The number of aryl methyl sites for hydroxylation is 3. The molecule has 4 heterocycles. The standard InChI is InChI=1S/C29H38FIN4O2/c1-19-16-24(26(32-17-19)20-6-4-7-20)27(29(36)37)34-15-13-22(18-34)25(30)10-3-2-9-23-12-11-21-8-5-14-35(31)28(21)33-23/h11-12,16-17,20,22,25,27H,2-10,13-15,18H2,1H3,(H,36,37)/t22?,25?,27-/m0/s1. The van der Waals surface area contributed by atoms with Crippen molar-refractivity contribution in [2.45, 2.75) is 89.3 Å². The number of hydrogen-bond acceptors (Lipinski definition) is 5. The third-order valence-electron chi connectivity index (χ3n) is 8.45. The number of carbonyl (C=O) groups is 1. The Morgan fingerprint density at radius 1 is 1.22 bits per heavy atom. The van der Waals surface area contributed by atoms with E-state index < -0.39 is 18.2 Å². The zero-order chi connectivity index (χ0) is 25.9. The molecule has 0 bridgehead atoms. The van der Waals surface area contributed by atoms with Crippen molar-refractivity contribution in [3.05, 3.63) is 52.5 Å². The van der Waals surface area contributed by atoms with E-state index in [1.807, 2.05) is 24.1 Å². The van der Waals surface area contributed by atoms with Gasteiger partial charge in [0.15, 0.2) is 0 Å². The van der Waals surface area contributed by atoms with E-state index in [1.54, 1.807) is 0 Å². The molecule has 0 spiro atoms. The summed E-state index contributed by atoms with van der Waals surface area (Å²) in [4.78, 5) is 23.9. The smallest absolute Gasteiger partial charge is 0.325 e. The summed E-state index contributed by atoms with van der Waals surface area (Å²) in [5.74, 6) is 0.484. The minimum Gasteiger partial charge on any atom is -0.480 e. The zero-order valence-corrected chi connectivity index (χ0v) is 23.9. The molecule has 8 heteroatoms. The van der Waals surface area contributed by atoms with Crippen molar-refractivity contribution in [3.63, 3.8) is 0 Å². The molecule has 0 amide bonds. The first-order valence-electron chi connectivity index (χ1n) is 13.9. The van der Waals surface area contributed by atoms with Gasteiger partial charge in [-0.15, -0.1) is 0 Å². The van der Waals surface area contributed by atoms with Crippen LogP contribution in [0.3, 0.4) is 0 Å². The number of nitrogens with zero attached hydrogens (tertiary/aromatic N) is 4. The molecule has 0 aromatic carbocycles. The quantitative estimate of drug-likeness (QED) is 0.190. The topological polar surface area (TPSA) is 69.6 Å². The second-order valence-corrected chi connectivity index (χ2v) is 12.3. The molecule has 6 nitrogen and oxygen atoms in total. The monoisotopic (exact) mass is 620 g/mol. The second kappa shape index (κ2) is 11.9. The van der Waals surface area contributed by atoms with Crippen LogP contribution in [-0.4, -0.2) is 51.7 Å². The minimum absolute atomic E-state index is 0.110. The Bertz CT molecular complexity index is 1110. The molecule has 1 saturated heterocycles. The summed E-state index contributed by atoms with van der Waals surface area (Å²) in [6.07, 6.45) is 10.4. The molecule has 3 atom stereocenters. The van der Waals surface area contributed by atoms with Gasteiger partial charge in [-0.2, -0.15) is 0 Å². The summed E-state index contributed by atoms with van der Waals surface area (Å²) >= 11 is 2.34. The van der Waals surface area contributed by atoms with Crippen LogP contribution in [0.2, 0.25) is 0 Å². The molecule has 2 aliphatic heterocycles. The van der Waals surface area contributed by atoms with Crippen molar-refractivity contribution in [1.82, 2.24) is 14.9 Å². The van der Waals surface area contributed by atoms with E-state index in [2.05, 4.69) is 43.1 Å². The number of pyridine rings is 2. The second-order valence-electron chi connectivity index (χ2n) is 11.1. The Balaban J connectivity index is 1.15. The molecule has 2 fully saturated rings. The van der Waals surface area contributed by atoms with Crippen molar-refractivity contribution in [2.75, 3.05) is 22.7 Å². The summed E-state index contributed by atoms with van der Waals surface area (Å²) in [7, 11) is 0. The average molecular weight is 621 g/mol. The molecule has 37 heavy (non-hydrogen) atoms. The molecule has 3 aliphatic rings. The van der Waals surface area contributed by atoms with E-state index in [0.717, 1.165) is 73.4 Å². The highest BCUT2D eigenvalue weighted by atomic mass is 127. The maximum atomic E-state index is 15.3. The number of rotatable bonds is 10. The predicted octanol–water partition coefficient (Wildman–Crippen LogP) is 6.35. The van der Waals surface area contributed by atoms with Crippen LogP contribution in [0.5, 0.6) is 0 Å². The van der Waals surface area contributed by atoms with Gasteiger partial charge in [0.25, 0.3) is 0 Å². The molecule has 200 valence electrons. The van der Waals surface area contributed by atoms with Crippen molar-refractivity contribution < 1.29 is 14.3 Å². The molecule has 2 aromatic heterocycles. The number of likely N-dealkylation sites (tertiary alicyclic amines) is 1. The van der Waals surface area contributed by atoms with Gasteiger partial charge in [0.05, 0.1) is 22.9 Å². The van der Waals surface area contributed by atoms with Crippen LogP contribution in [0.1, 0.15) is 91.4 Å². The summed E-state index contributed by atoms with van der Waals surface area (Å²) in [5.41, 5.74) is 5.13. The fourth-order valence-corrected chi connectivity index (χ4v) is 6.89. The summed E-state index contributed by atoms with van der Waals surface area (Å²) < 4.78 is 17.5. The van der Waals surface area contributed by atoms with Crippen molar-refractivity contribution >= 4 is 34.7 Å². The highest BCUT2D eigenvalue weighted by molar-refractivity contribution is 14.1. The van der Waals surface area contributed by atoms with Gasteiger partial charge in [0.1, 0.15) is 18.0 Å². The fraction of sp³-hybridized carbons (Fsp3) is 0.621. The number of anilines is 1. The summed E-state index contributed by atoms with van der Waals surface area (Å²) in [6.45, 7) is 4.11. The third-order valence-corrected chi connectivity index (χ3v) is 9.39. The Hall–Kier alpha value is -1.81. The first-order valence-corrected chi connectivity index (χ1v) is 14.9. The number of aliphatic carboxylic acids is 1. The van der Waals surface area contributed by atoms with E-state index in [-0.39, 0.29) is 5.92 Å². The van der Waals surface area contributed by atoms with Crippen LogP contribution in [0, 0.1) is 12.8 Å². The molecule has 5 rings (SSSR count). The number of carboxylic acids is 1. The van der Waals surface area contributed by atoms with Gasteiger partial charge in [0.2, 0.25) is 0 Å². The number of fused-ring (bicyclic) bond motifs is 1. The number of halogens is 2. The molecular weight excluding hydrogens is 582 g/mol. The van der Waals surface area contributed by atoms with Crippen molar-refractivity contribution in [1.29, 1.82) is 0 Å². The van der Waals surface area contributed by atoms with Crippen LogP contribution in [0.4, 0.5) is 10.2 Å². The minimum atomic E-state index is -0.900. The number of alkyl halides is 1. The summed E-state index contributed by atoms with van der Waals surface area (Å²) in [5, 5.41) is 10.2. The van der Waals surface area contributed by atoms with Crippen molar-refractivity contribution in [2.24, 2.45) is 5.92 Å². The van der Waals surface area contributed by atoms with E-state index in [1.165, 1.54) is 18.4 Å². The zero-order valence-electron chi connectivity index (χ0n) is 21.7. The normalized spacial score (nSPS) is 21.9. The summed E-state index contributed by atoms with van der Waals surface area (Å²) in [6, 6.07) is 5.58. The lowest BCUT2D eigenvalue weighted by Crippen LogP contribution is -2.35. The Morgan fingerprint density at radius 2 is 2.05 bits per heavy atom. The van der Waals surface area contributed by atoms with Crippen LogP contribution >= 0.6 is 22.9 Å². The maximum absolute atomic E-state index is 15.3. The molecular formula is C29H38FIN4O2. The van der Waals surface area contributed by atoms with Crippen LogP contribution < -0.4 is 3.11 Å². The third kappa shape index (κ3) is 6.10. The van der Waals surface area contributed by atoms with E-state index in [9.17, 15) is 9.90 Å². The fourth-order valence-electron chi connectivity index (χ4n) is 6.13. The maximum Gasteiger partial charge on any atom is 0.325 e. The molecule has 1 saturated carbocycles. The van der Waals surface area contributed by atoms with Crippen LogP contribution in [-0.2, 0) is 17.6 Å². The average Bonchev–Trinajstić information content (AvgIpc) is 3.32. The predicted molar refractivity (Wildman–Crippen MR) is 152 cm³/mol. The molecule has 2 aromatic rings. The van der Waals surface area contributed by atoms with Gasteiger partial charge in [-0.05, 0) is 82.0 Å². The Kier molecular flexibility index (Phi) is 8.63. The highest BCUT2D eigenvalue weighted by Gasteiger charge is 2.39. The van der Waals surface area contributed by atoms with Gasteiger partial charge >= 0.3 is 5.97 Å². The highest BCUT2D eigenvalue weighted by Crippen LogP contribution is 2.41. The van der Waals surface area contributed by atoms with Crippen LogP contribution in [0.25, 0.3) is 0 Å². The SMILES string of the molecule is Cc1cnc(C2CCC2)c([C@@H](C(=O)O)N2CCC(C(F)CCCCc3ccc4c(n3)N(I)CCC4)C2)c1. The Morgan fingerprint density at radius 3 is 2.81 bits per heavy atom. The lowest BCUT2D eigenvalue weighted by atomic mass is 9.79. The van der Waals surface area contributed by atoms with Crippen LogP contribution in [0.15, 0.2) is 24.4 Å². The largest absolute Gasteiger partial charge is 0.480 e. The van der Waals surface area contributed by atoms with Gasteiger partial charge < -0.3 is 5.11 Å². The molecule has 0 radical (unpaired) electrons. The number of aromatic nitrogens is 2.